The quantitative estimate of drug-likeness (QED) is 0.269. The molecule has 1 aliphatic rings. The summed E-state index contributed by atoms with van der Waals surface area (Å²) in [6.07, 6.45) is 1.77. The van der Waals surface area contributed by atoms with Crippen LogP contribution in [0.3, 0.4) is 0 Å². The summed E-state index contributed by atoms with van der Waals surface area (Å²) in [5.74, 6) is -0.208. The maximum atomic E-state index is 12.6. The zero-order valence-corrected chi connectivity index (χ0v) is 24.1. The largest absolute Gasteiger partial charge is 0.493 e. The fourth-order valence-corrected chi connectivity index (χ4v) is 5.06. The van der Waals surface area contributed by atoms with Crippen LogP contribution in [0.5, 0.6) is 11.5 Å². The lowest BCUT2D eigenvalue weighted by Gasteiger charge is -2.13. The molecule has 1 aliphatic heterocycles. The van der Waals surface area contributed by atoms with Gasteiger partial charge in [-0.25, -0.2) is 9.79 Å². The molecule has 7 nitrogen and oxygen atoms in total. The number of ether oxygens (including phenoxy) is 2. The van der Waals surface area contributed by atoms with Crippen molar-refractivity contribution < 1.29 is 24.2 Å². The van der Waals surface area contributed by atoms with Gasteiger partial charge in [-0.2, -0.15) is 0 Å². The molecule has 37 heavy (non-hydrogen) atoms. The van der Waals surface area contributed by atoms with Crippen molar-refractivity contribution in [3.8, 4) is 11.5 Å². The normalized spacial score (nSPS) is 15.2. The Morgan fingerprint density at radius 2 is 1.76 bits per heavy atom. The van der Waals surface area contributed by atoms with Crippen molar-refractivity contribution in [3.63, 3.8) is 0 Å². The van der Waals surface area contributed by atoms with Crippen molar-refractivity contribution in [2.75, 3.05) is 7.11 Å². The standard InChI is InChI=1S/C27H22Br2N2O5S/c1-14-8-19(9-15(2)24(14)29)30-27-31-25(32)23(37-27)11-18-10-21(35-3)22(12-20(18)28)36-13-16-4-6-17(7-5-16)26(33)34/h4-12H,13H2,1-3H3,(H,33,34)(H,30,31,32)/b23-11-. The van der Waals surface area contributed by atoms with Gasteiger partial charge in [0.05, 0.1) is 23.3 Å². The van der Waals surface area contributed by atoms with Crippen LogP contribution in [-0.4, -0.2) is 29.3 Å². The maximum absolute atomic E-state index is 12.6. The number of thioether (sulfide) groups is 1. The van der Waals surface area contributed by atoms with Gasteiger partial charge in [0.25, 0.3) is 5.91 Å². The molecule has 0 atom stereocenters. The number of carbonyl (C=O) groups excluding carboxylic acids is 1. The van der Waals surface area contributed by atoms with E-state index in [1.807, 2.05) is 26.0 Å². The predicted molar refractivity (Wildman–Crippen MR) is 153 cm³/mol. The molecule has 1 saturated heterocycles. The SMILES string of the molecule is COc1cc(/C=C2\SC(=Nc3cc(C)c(Br)c(C)c3)NC2=O)c(Br)cc1OCc1ccc(C(=O)O)cc1. The Labute approximate surface area is 235 Å². The summed E-state index contributed by atoms with van der Waals surface area (Å²) in [6, 6.07) is 13.9. The van der Waals surface area contributed by atoms with E-state index < -0.39 is 5.97 Å². The first kappa shape index (κ1) is 27.0. The number of aliphatic imine (C=N–C) groups is 1. The molecule has 4 rings (SSSR count). The molecule has 0 saturated carbocycles. The number of hydrogen-bond donors (Lipinski definition) is 2. The van der Waals surface area contributed by atoms with Crippen molar-refractivity contribution in [1.29, 1.82) is 0 Å². The maximum Gasteiger partial charge on any atom is 0.335 e. The minimum atomic E-state index is -0.978. The molecule has 0 spiro atoms. The number of rotatable bonds is 7. The average Bonchev–Trinajstić information content (AvgIpc) is 3.20. The first-order chi connectivity index (χ1) is 17.6. The Hall–Kier alpha value is -3.08. The number of amidine groups is 1. The molecule has 0 aromatic heterocycles. The molecule has 0 bridgehead atoms. The second-order valence-electron chi connectivity index (χ2n) is 8.19. The van der Waals surface area contributed by atoms with Crippen LogP contribution in [0.25, 0.3) is 6.08 Å². The number of carbonyl (C=O) groups is 2. The lowest BCUT2D eigenvalue weighted by atomic mass is 10.1. The number of methoxy groups -OCH3 is 1. The number of halogens is 2. The average molecular weight is 646 g/mol. The molecular weight excluding hydrogens is 624 g/mol. The number of nitrogens with zero attached hydrogens (tertiary/aromatic N) is 1. The monoisotopic (exact) mass is 644 g/mol. The summed E-state index contributed by atoms with van der Waals surface area (Å²) >= 11 is 8.38. The molecule has 1 fully saturated rings. The summed E-state index contributed by atoms with van der Waals surface area (Å²) < 4.78 is 13.2. The van der Waals surface area contributed by atoms with Gasteiger partial charge in [-0.15, -0.1) is 0 Å². The number of carboxylic acid groups (broad SMARTS) is 1. The van der Waals surface area contributed by atoms with Crippen LogP contribution in [0.4, 0.5) is 5.69 Å². The Balaban J connectivity index is 1.52. The third-order valence-corrected chi connectivity index (χ3v) is 8.31. The first-order valence-electron chi connectivity index (χ1n) is 11.0. The van der Waals surface area contributed by atoms with Crippen LogP contribution in [-0.2, 0) is 11.4 Å². The Morgan fingerprint density at radius 3 is 2.38 bits per heavy atom. The van der Waals surface area contributed by atoms with Gasteiger partial charge in [-0.05, 0) is 90.3 Å². The summed E-state index contributed by atoms with van der Waals surface area (Å²) in [5.41, 5.74) is 4.68. The van der Waals surface area contributed by atoms with Crippen LogP contribution in [0.15, 0.2) is 67.4 Å². The van der Waals surface area contributed by atoms with E-state index in [-0.39, 0.29) is 18.1 Å². The molecule has 0 aliphatic carbocycles. The van der Waals surface area contributed by atoms with Crippen molar-refractivity contribution in [3.05, 3.63) is 90.2 Å². The molecular formula is C27H22Br2N2O5S. The second kappa shape index (κ2) is 11.5. The molecule has 0 unspecified atom stereocenters. The number of carboxylic acids is 1. The van der Waals surface area contributed by atoms with E-state index in [9.17, 15) is 9.59 Å². The topological polar surface area (TPSA) is 97.2 Å². The van der Waals surface area contributed by atoms with Crippen molar-refractivity contribution in [1.82, 2.24) is 5.32 Å². The van der Waals surface area contributed by atoms with E-state index in [2.05, 4.69) is 42.2 Å². The van der Waals surface area contributed by atoms with Gasteiger partial charge in [0.2, 0.25) is 0 Å². The predicted octanol–water partition coefficient (Wildman–Crippen LogP) is 7.01. The van der Waals surface area contributed by atoms with Crippen molar-refractivity contribution >= 4 is 72.4 Å². The first-order valence-corrected chi connectivity index (χ1v) is 13.4. The smallest absolute Gasteiger partial charge is 0.335 e. The summed E-state index contributed by atoms with van der Waals surface area (Å²) in [6.45, 7) is 4.23. The van der Waals surface area contributed by atoms with Gasteiger partial charge in [-0.3, -0.25) is 4.79 Å². The summed E-state index contributed by atoms with van der Waals surface area (Å²) in [5, 5.41) is 12.4. The van der Waals surface area contributed by atoms with Crippen LogP contribution >= 0.6 is 43.6 Å². The fraction of sp³-hybridized carbons (Fsp3) is 0.148. The van der Waals surface area contributed by atoms with Gasteiger partial charge < -0.3 is 19.9 Å². The second-order valence-corrected chi connectivity index (χ2v) is 10.9. The molecule has 2 N–H and O–H groups in total. The van der Waals surface area contributed by atoms with E-state index in [0.29, 0.717) is 21.6 Å². The zero-order chi connectivity index (χ0) is 26.7. The van der Waals surface area contributed by atoms with Gasteiger partial charge >= 0.3 is 5.97 Å². The van der Waals surface area contributed by atoms with Crippen molar-refractivity contribution in [2.45, 2.75) is 20.5 Å². The Morgan fingerprint density at radius 1 is 1.08 bits per heavy atom. The number of hydrogen-bond acceptors (Lipinski definition) is 6. The lowest BCUT2D eigenvalue weighted by Crippen LogP contribution is -2.19. The van der Waals surface area contributed by atoms with Crippen LogP contribution in [0.1, 0.15) is 32.6 Å². The van der Waals surface area contributed by atoms with E-state index in [1.165, 1.54) is 23.9 Å². The molecule has 1 amide bonds. The highest BCUT2D eigenvalue weighted by Crippen LogP contribution is 2.37. The summed E-state index contributed by atoms with van der Waals surface area (Å²) in [4.78, 5) is 28.8. The van der Waals surface area contributed by atoms with E-state index >= 15 is 0 Å². The minimum absolute atomic E-state index is 0.213. The van der Waals surface area contributed by atoms with Crippen LogP contribution in [0, 0.1) is 13.8 Å². The number of benzene rings is 3. The lowest BCUT2D eigenvalue weighted by molar-refractivity contribution is -0.115. The number of aryl methyl sites for hydroxylation is 2. The molecule has 3 aromatic rings. The minimum Gasteiger partial charge on any atom is -0.493 e. The van der Waals surface area contributed by atoms with Gasteiger partial charge in [0.15, 0.2) is 16.7 Å². The molecule has 3 aromatic carbocycles. The van der Waals surface area contributed by atoms with Crippen LogP contribution < -0.4 is 14.8 Å². The number of amides is 1. The van der Waals surface area contributed by atoms with Crippen LogP contribution in [0.2, 0.25) is 0 Å². The molecule has 0 radical (unpaired) electrons. The Bertz CT molecular complexity index is 1430. The molecule has 1 heterocycles. The molecule has 190 valence electrons. The van der Waals surface area contributed by atoms with E-state index in [1.54, 1.807) is 37.5 Å². The fourth-order valence-electron chi connectivity index (χ4n) is 3.57. The number of aromatic carboxylic acids is 1. The van der Waals surface area contributed by atoms with E-state index in [4.69, 9.17) is 14.6 Å². The van der Waals surface area contributed by atoms with Gasteiger partial charge in [0, 0.05) is 8.95 Å². The third kappa shape index (κ3) is 6.44. The van der Waals surface area contributed by atoms with E-state index in [0.717, 1.165) is 36.9 Å². The number of nitrogens with one attached hydrogen (secondary N) is 1. The van der Waals surface area contributed by atoms with Gasteiger partial charge in [-0.1, -0.05) is 44.0 Å². The highest BCUT2D eigenvalue weighted by Gasteiger charge is 2.24. The summed E-state index contributed by atoms with van der Waals surface area (Å²) in [7, 11) is 1.54. The molecule has 10 heteroatoms. The highest BCUT2D eigenvalue weighted by atomic mass is 79.9. The highest BCUT2D eigenvalue weighted by molar-refractivity contribution is 9.10. The Kier molecular flexibility index (Phi) is 8.41. The van der Waals surface area contributed by atoms with Gasteiger partial charge in [0.1, 0.15) is 6.61 Å². The van der Waals surface area contributed by atoms with Crippen molar-refractivity contribution in [2.24, 2.45) is 4.99 Å². The third-order valence-electron chi connectivity index (χ3n) is 5.47. The zero-order valence-electron chi connectivity index (χ0n) is 20.1.